The van der Waals surface area contributed by atoms with Gasteiger partial charge in [0.05, 0.1) is 18.9 Å². The summed E-state index contributed by atoms with van der Waals surface area (Å²) in [5.74, 6) is 3.51. The maximum Gasteiger partial charge on any atom is 0.191 e. The number of benzene rings is 1. The van der Waals surface area contributed by atoms with Crippen LogP contribution in [-0.4, -0.2) is 44.1 Å². The van der Waals surface area contributed by atoms with E-state index in [1.165, 1.54) is 25.7 Å². The Bertz CT molecular complexity index is 780. The summed E-state index contributed by atoms with van der Waals surface area (Å²) in [6.07, 6.45) is 6.85. The van der Waals surface area contributed by atoms with Crippen molar-refractivity contribution in [1.29, 1.82) is 0 Å². The van der Waals surface area contributed by atoms with Crippen molar-refractivity contribution in [1.82, 2.24) is 15.5 Å². The van der Waals surface area contributed by atoms with Crippen molar-refractivity contribution in [3.63, 3.8) is 0 Å². The lowest BCUT2D eigenvalue weighted by Crippen LogP contribution is -2.42. The van der Waals surface area contributed by atoms with E-state index in [2.05, 4.69) is 44.8 Å². The average Bonchev–Trinajstić information content (AvgIpc) is 3.19. The first kappa shape index (κ1) is 19.8. The van der Waals surface area contributed by atoms with Crippen LogP contribution < -0.4 is 15.4 Å². The molecular formula is C23H32N4O2. The summed E-state index contributed by atoms with van der Waals surface area (Å²) in [5.41, 5.74) is 1.15. The number of nitrogens with one attached hydrogen (secondary N) is 2. The molecule has 1 saturated carbocycles. The Kier molecular flexibility index (Phi) is 6.72. The molecule has 1 aromatic carbocycles. The molecule has 2 heterocycles. The summed E-state index contributed by atoms with van der Waals surface area (Å²) in [5, 5.41) is 6.91. The lowest BCUT2D eigenvalue weighted by molar-refractivity contribution is 0.215. The van der Waals surface area contributed by atoms with Crippen LogP contribution >= 0.6 is 0 Å². The fraction of sp³-hybridized carbons (Fsp3) is 0.522. The number of nitrogens with zero attached hydrogens (tertiary/aromatic N) is 2. The molecule has 4 rings (SSSR count). The number of rotatable bonds is 9. The monoisotopic (exact) mass is 396 g/mol. The summed E-state index contributed by atoms with van der Waals surface area (Å²) in [7, 11) is 1.81. The van der Waals surface area contributed by atoms with Gasteiger partial charge in [-0.1, -0.05) is 18.2 Å². The second kappa shape index (κ2) is 9.83. The van der Waals surface area contributed by atoms with Crippen molar-refractivity contribution < 1.29 is 9.15 Å². The minimum absolute atomic E-state index is 0.222. The lowest BCUT2D eigenvalue weighted by atomic mass is 10.2. The van der Waals surface area contributed by atoms with Crippen molar-refractivity contribution in [2.24, 2.45) is 10.9 Å². The molecule has 1 saturated heterocycles. The van der Waals surface area contributed by atoms with E-state index in [1.54, 1.807) is 6.26 Å². The number of hydrogen-bond donors (Lipinski definition) is 2. The van der Waals surface area contributed by atoms with Crippen LogP contribution in [0, 0.1) is 5.92 Å². The number of guanidine groups is 1. The van der Waals surface area contributed by atoms with Gasteiger partial charge in [-0.15, -0.1) is 0 Å². The zero-order chi connectivity index (χ0) is 19.9. The quantitative estimate of drug-likeness (QED) is 0.501. The van der Waals surface area contributed by atoms with E-state index in [4.69, 9.17) is 9.15 Å². The van der Waals surface area contributed by atoms with Crippen molar-refractivity contribution in [3.05, 3.63) is 54.0 Å². The van der Waals surface area contributed by atoms with Gasteiger partial charge in [-0.25, -0.2) is 0 Å². The van der Waals surface area contributed by atoms with Crippen LogP contribution in [0.1, 0.15) is 43.0 Å². The van der Waals surface area contributed by atoms with E-state index in [-0.39, 0.29) is 6.04 Å². The predicted molar refractivity (Wildman–Crippen MR) is 115 cm³/mol. The molecule has 6 heteroatoms. The zero-order valence-electron chi connectivity index (χ0n) is 17.3. The normalized spacial score (nSPS) is 18.6. The Balaban J connectivity index is 1.32. The second-order valence-electron chi connectivity index (χ2n) is 7.94. The minimum Gasteiger partial charge on any atom is -0.493 e. The predicted octanol–water partition coefficient (Wildman–Crippen LogP) is 3.57. The van der Waals surface area contributed by atoms with Crippen LogP contribution in [0.15, 0.2) is 52.1 Å². The van der Waals surface area contributed by atoms with Gasteiger partial charge in [0.15, 0.2) is 5.96 Å². The van der Waals surface area contributed by atoms with E-state index < -0.39 is 0 Å². The van der Waals surface area contributed by atoms with E-state index >= 15 is 0 Å². The molecule has 1 aliphatic carbocycles. The molecule has 0 spiro atoms. The molecule has 6 nitrogen and oxygen atoms in total. The molecule has 2 aliphatic rings. The molecule has 0 bridgehead atoms. The molecule has 1 aromatic heterocycles. The minimum atomic E-state index is 0.222. The first-order chi connectivity index (χ1) is 14.3. The van der Waals surface area contributed by atoms with Crippen LogP contribution in [0.2, 0.25) is 0 Å². The number of aliphatic imine (C=N–C) groups is 1. The highest BCUT2D eigenvalue weighted by Crippen LogP contribution is 2.30. The van der Waals surface area contributed by atoms with Crippen LogP contribution in [-0.2, 0) is 6.54 Å². The highest BCUT2D eigenvalue weighted by molar-refractivity contribution is 5.79. The van der Waals surface area contributed by atoms with Crippen LogP contribution in [0.25, 0.3) is 0 Å². The van der Waals surface area contributed by atoms with Gasteiger partial charge >= 0.3 is 0 Å². The third kappa shape index (κ3) is 5.54. The van der Waals surface area contributed by atoms with Crippen molar-refractivity contribution in [3.8, 4) is 5.75 Å². The SMILES string of the molecule is CN=C(NCc1ccccc1OCC1CC1)NCC(c1ccco1)N1CCCC1. The highest BCUT2D eigenvalue weighted by Gasteiger charge is 2.26. The van der Waals surface area contributed by atoms with E-state index in [1.807, 2.05) is 19.2 Å². The molecule has 0 radical (unpaired) electrons. The van der Waals surface area contributed by atoms with Gasteiger partial charge in [0.1, 0.15) is 11.5 Å². The summed E-state index contributed by atoms with van der Waals surface area (Å²) < 4.78 is 11.7. The first-order valence-corrected chi connectivity index (χ1v) is 10.8. The Morgan fingerprint density at radius 1 is 1.17 bits per heavy atom. The standard InChI is InChI=1S/C23H32N4O2/c1-24-23(25-15-19-7-2-3-8-21(19)29-17-18-10-11-18)26-16-20(22-9-6-14-28-22)27-12-4-5-13-27/h2-3,6-9,14,18,20H,4-5,10-13,15-17H2,1H3,(H2,24,25,26). The topological polar surface area (TPSA) is 62.0 Å². The van der Waals surface area contributed by atoms with Gasteiger partial charge in [-0.05, 0) is 62.9 Å². The Hall–Kier alpha value is -2.47. The van der Waals surface area contributed by atoms with Crippen LogP contribution in [0.4, 0.5) is 0 Å². The molecule has 156 valence electrons. The Morgan fingerprint density at radius 3 is 2.72 bits per heavy atom. The van der Waals surface area contributed by atoms with E-state index in [0.717, 1.165) is 55.2 Å². The fourth-order valence-electron chi connectivity index (χ4n) is 3.82. The van der Waals surface area contributed by atoms with Gasteiger partial charge in [0, 0.05) is 25.7 Å². The highest BCUT2D eigenvalue weighted by atomic mass is 16.5. The molecule has 1 aliphatic heterocycles. The second-order valence-corrected chi connectivity index (χ2v) is 7.94. The summed E-state index contributed by atoms with van der Waals surface area (Å²) >= 11 is 0. The van der Waals surface area contributed by atoms with E-state index in [9.17, 15) is 0 Å². The zero-order valence-corrected chi connectivity index (χ0v) is 17.3. The van der Waals surface area contributed by atoms with Gasteiger partial charge < -0.3 is 19.8 Å². The molecule has 2 aromatic rings. The summed E-state index contributed by atoms with van der Waals surface area (Å²) in [6.45, 7) is 4.49. The maximum absolute atomic E-state index is 6.02. The smallest absolute Gasteiger partial charge is 0.191 e. The van der Waals surface area contributed by atoms with Gasteiger partial charge in [0.25, 0.3) is 0 Å². The van der Waals surface area contributed by atoms with Gasteiger partial charge in [-0.3, -0.25) is 9.89 Å². The molecule has 2 fully saturated rings. The maximum atomic E-state index is 6.02. The molecule has 2 N–H and O–H groups in total. The molecule has 0 amide bonds. The molecule has 29 heavy (non-hydrogen) atoms. The van der Waals surface area contributed by atoms with Crippen molar-refractivity contribution in [2.45, 2.75) is 38.3 Å². The van der Waals surface area contributed by atoms with Gasteiger partial charge in [-0.2, -0.15) is 0 Å². The largest absolute Gasteiger partial charge is 0.493 e. The average molecular weight is 397 g/mol. The third-order valence-corrected chi connectivity index (χ3v) is 5.73. The summed E-state index contributed by atoms with van der Waals surface area (Å²) in [4.78, 5) is 6.89. The number of likely N-dealkylation sites (tertiary alicyclic amines) is 1. The summed E-state index contributed by atoms with van der Waals surface area (Å²) in [6, 6.07) is 12.5. The van der Waals surface area contributed by atoms with Crippen molar-refractivity contribution >= 4 is 5.96 Å². The van der Waals surface area contributed by atoms with Crippen molar-refractivity contribution in [2.75, 3.05) is 33.3 Å². The fourth-order valence-corrected chi connectivity index (χ4v) is 3.82. The first-order valence-electron chi connectivity index (χ1n) is 10.8. The number of ether oxygens (including phenoxy) is 1. The molecular weight excluding hydrogens is 364 g/mol. The lowest BCUT2D eigenvalue weighted by Gasteiger charge is -2.26. The van der Waals surface area contributed by atoms with Crippen LogP contribution in [0.3, 0.4) is 0 Å². The number of furan rings is 1. The molecule has 1 atom stereocenters. The van der Waals surface area contributed by atoms with E-state index in [0.29, 0.717) is 6.54 Å². The Labute approximate surface area is 173 Å². The molecule has 1 unspecified atom stereocenters. The van der Waals surface area contributed by atoms with Gasteiger partial charge in [0.2, 0.25) is 0 Å². The Morgan fingerprint density at radius 2 is 2.00 bits per heavy atom. The van der Waals surface area contributed by atoms with Crippen LogP contribution in [0.5, 0.6) is 5.75 Å². The number of para-hydroxylation sites is 1. The third-order valence-electron chi connectivity index (χ3n) is 5.73. The number of hydrogen-bond acceptors (Lipinski definition) is 4.